The summed E-state index contributed by atoms with van der Waals surface area (Å²) in [6, 6.07) is 6.09. The number of halogens is 2. The van der Waals surface area contributed by atoms with Gasteiger partial charge in [-0.25, -0.2) is 18.3 Å². The first-order valence-electron chi connectivity index (χ1n) is 8.74. The number of esters is 1. The molecule has 0 saturated carbocycles. The Labute approximate surface area is 170 Å². The molecule has 3 rings (SSSR count). The number of aromatic nitrogens is 3. The molecule has 0 aliphatic carbocycles. The molecule has 8 nitrogen and oxygen atoms in total. The van der Waals surface area contributed by atoms with Crippen LogP contribution in [0.1, 0.15) is 27.3 Å². The summed E-state index contributed by atoms with van der Waals surface area (Å²) in [4.78, 5) is 20.7. The van der Waals surface area contributed by atoms with E-state index in [1.807, 2.05) is 0 Å². The molecular weight excluding hydrogens is 398 g/mol. The second-order valence-electron chi connectivity index (χ2n) is 6.14. The molecule has 2 aromatic heterocycles. The fourth-order valence-electron chi connectivity index (χ4n) is 2.52. The van der Waals surface area contributed by atoms with E-state index in [-0.39, 0.29) is 18.2 Å². The van der Waals surface area contributed by atoms with Crippen molar-refractivity contribution >= 4 is 12.2 Å². The van der Waals surface area contributed by atoms with E-state index in [2.05, 4.69) is 20.0 Å². The van der Waals surface area contributed by atoms with E-state index < -0.39 is 17.6 Å². The van der Waals surface area contributed by atoms with Gasteiger partial charge in [-0.05, 0) is 31.2 Å². The first-order chi connectivity index (χ1) is 14.4. The number of hydrogen-bond acceptors (Lipinski definition) is 7. The zero-order valence-electron chi connectivity index (χ0n) is 16.4. The van der Waals surface area contributed by atoms with E-state index in [0.717, 1.165) is 18.2 Å². The molecule has 0 N–H and O–H groups in total. The Morgan fingerprint density at radius 1 is 1.27 bits per heavy atom. The van der Waals surface area contributed by atoms with Crippen molar-refractivity contribution < 1.29 is 27.9 Å². The van der Waals surface area contributed by atoms with Gasteiger partial charge in [-0.1, -0.05) is 5.16 Å². The fraction of sp³-hybridized carbons (Fsp3) is 0.200. The predicted molar refractivity (Wildman–Crippen MR) is 102 cm³/mol. The number of pyridine rings is 1. The number of carbonyl (C=O) groups is 1. The molecule has 0 bridgehead atoms. The van der Waals surface area contributed by atoms with Crippen LogP contribution in [0.5, 0.6) is 11.6 Å². The molecule has 2 heterocycles. The Bertz CT molecular complexity index is 1080. The molecule has 0 fully saturated rings. The first kappa shape index (κ1) is 20.9. The quantitative estimate of drug-likeness (QED) is 0.333. The van der Waals surface area contributed by atoms with Crippen molar-refractivity contribution in [3.63, 3.8) is 0 Å². The van der Waals surface area contributed by atoms with Crippen molar-refractivity contribution in [3.8, 4) is 11.6 Å². The highest BCUT2D eigenvalue weighted by Gasteiger charge is 2.16. The average molecular weight is 416 g/mol. The van der Waals surface area contributed by atoms with Gasteiger partial charge < -0.3 is 14.3 Å². The summed E-state index contributed by atoms with van der Waals surface area (Å²) in [6.45, 7) is 1.76. The lowest BCUT2D eigenvalue weighted by Gasteiger charge is -2.08. The third-order valence-corrected chi connectivity index (χ3v) is 4.03. The van der Waals surface area contributed by atoms with Crippen molar-refractivity contribution in [2.24, 2.45) is 12.2 Å². The number of oxime groups is 1. The Kier molecular flexibility index (Phi) is 6.35. The Morgan fingerprint density at radius 2 is 2.07 bits per heavy atom. The molecule has 10 heteroatoms. The monoisotopic (exact) mass is 416 g/mol. The largest absolute Gasteiger partial charge is 0.465 e. The summed E-state index contributed by atoms with van der Waals surface area (Å²) in [7, 11) is 2.89. The van der Waals surface area contributed by atoms with Gasteiger partial charge in [-0.3, -0.25) is 4.98 Å². The summed E-state index contributed by atoms with van der Waals surface area (Å²) in [5.41, 5.74) is 1.86. The fourth-order valence-corrected chi connectivity index (χ4v) is 2.52. The molecule has 0 unspecified atom stereocenters. The van der Waals surface area contributed by atoms with Crippen molar-refractivity contribution in [1.29, 1.82) is 0 Å². The van der Waals surface area contributed by atoms with Gasteiger partial charge in [0.05, 0.1) is 35.8 Å². The standard InChI is InChI=1S/C20H18F2N4O4/c1-12-16(10-24-29-11-15-6-4-13(9-23-15)20(27)28-3)19(26(2)25-12)30-18-8-14(21)5-7-17(18)22/h4-10H,11H2,1-3H3/b24-10-. The lowest BCUT2D eigenvalue weighted by molar-refractivity contribution is 0.0600. The van der Waals surface area contributed by atoms with Crippen LogP contribution in [0, 0.1) is 18.6 Å². The van der Waals surface area contributed by atoms with Gasteiger partial charge >= 0.3 is 5.97 Å². The molecule has 30 heavy (non-hydrogen) atoms. The SMILES string of the molecule is COC(=O)c1ccc(CO/N=C\c2c(C)nn(C)c2Oc2cc(F)ccc2F)nc1. The predicted octanol–water partition coefficient (Wildman–Crippen LogP) is 3.53. The zero-order valence-corrected chi connectivity index (χ0v) is 16.4. The molecule has 0 aliphatic heterocycles. The molecule has 0 amide bonds. The normalized spacial score (nSPS) is 11.0. The Hall–Kier alpha value is -3.82. The van der Waals surface area contributed by atoms with Crippen LogP contribution in [0.2, 0.25) is 0 Å². The van der Waals surface area contributed by atoms with Gasteiger partial charge in [-0.15, -0.1) is 0 Å². The summed E-state index contributed by atoms with van der Waals surface area (Å²) in [5.74, 6) is -1.93. The van der Waals surface area contributed by atoms with Crippen LogP contribution in [0.3, 0.4) is 0 Å². The third kappa shape index (κ3) is 4.77. The van der Waals surface area contributed by atoms with Gasteiger partial charge in [-0.2, -0.15) is 5.10 Å². The van der Waals surface area contributed by atoms with Crippen LogP contribution in [0.15, 0.2) is 41.7 Å². The van der Waals surface area contributed by atoms with E-state index in [4.69, 9.17) is 9.57 Å². The van der Waals surface area contributed by atoms with Crippen molar-refractivity contribution in [2.75, 3.05) is 7.11 Å². The van der Waals surface area contributed by atoms with Crippen LogP contribution < -0.4 is 4.74 Å². The second-order valence-corrected chi connectivity index (χ2v) is 6.14. The van der Waals surface area contributed by atoms with E-state index in [1.54, 1.807) is 26.1 Å². The van der Waals surface area contributed by atoms with E-state index in [9.17, 15) is 13.6 Å². The lowest BCUT2D eigenvalue weighted by Crippen LogP contribution is -2.02. The minimum Gasteiger partial charge on any atom is -0.465 e. The Morgan fingerprint density at radius 3 is 2.77 bits per heavy atom. The first-order valence-corrected chi connectivity index (χ1v) is 8.74. The molecule has 0 saturated heterocycles. The van der Waals surface area contributed by atoms with Crippen LogP contribution in [-0.4, -0.2) is 34.1 Å². The summed E-state index contributed by atoms with van der Waals surface area (Å²) >= 11 is 0. The topological polar surface area (TPSA) is 87.8 Å². The number of aryl methyl sites for hydroxylation is 2. The number of carbonyl (C=O) groups excluding carboxylic acids is 1. The van der Waals surface area contributed by atoms with Gasteiger partial charge in [0.15, 0.2) is 18.2 Å². The van der Waals surface area contributed by atoms with Gasteiger partial charge in [0.1, 0.15) is 5.82 Å². The molecule has 0 atom stereocenters. The highest BCUT2D eigenvalue weighted by atomic mass is 19.1. The third-order valence-electron chi connectivity index (χ3n) is 4.03. The molecular formula is C20H18F2N4O4. The van der Waals surface area contributed by atoms with E-state index in [1.165, 1.54) is 24.2 Å². The number of ether oxygens (including phenoxy) is 2. The Balaban J connectivity index is 1.70. The van der Waals surface area contributed by atoms with Crippen LogP contribution >= 0.6 is 0 Å². The van der Waals surface area contributed by atoms with Crippen LogP contribution in [0.25, 0.3) is 0 Å². The minimum absolute atomic E-state index is 0.0476. The summed E-state index contributed by atoms with van der Waals surface area (Å²) in [5, 5.41) is 8.07. The number of benzene rings is 1. The smallest absolute Gasteiger partial charge is 0.339 e. The maximum atomic E-state index is 13.9. The zero-order chi connectivity index (χ0) is 21.7. The van der Waals surface area contributed by atoms with E-state index >= 15 is 0 Å². The molecule has 0 spiro atoms. The van der Waals surface area contributed by atoms with Crippen LogP contribution in [-0.2, 0) is 23.2 Å². The average Bonchev–Trinajstić information content (AvgIpc) is 3.00. The molecule has 0 aliphatic rings. The van der Waals surface area contributed by atoms with Gasteiger partial charge in [0, 0.05) is 19.3 Å². The highest BCUT2D eigenvalue weighted by Crippen LogP contribution is 2.28. The summed E-state index contributed by atoms with van der Waals surface area (Å²) in [6.07, 6.45) is 2.73. The number of hydrogen-bond donors (Lipinski definition) is 0. The molecule has 1 aromatic carbocycles. The van der Waals surface area contributed by atoms with E-state index in [0.29, 0.717) is 22.5 Å². The minimum atomic E-state index is -0.712. The lowest BCUT2D eigenvalue weighted by atomic mass is 10.2. The van der Waals surface area contributed by atoms with Crippen LogP contribution in [0.4, 0.5) is 8.78 Å². The van der Waals surface area contributed by atoms with Gasteiger partial charge in [0.25, 0.3) is 0 Å². The maximum absolute atomic E-state index is 13.9. The van der Waals surface area contributed by atoms with Crippen molar-refractivity contribution in [1.82, 2.24) is 14.8 Å². The second kappa shape index (κ2) is 9.12. The molecule has 156 valence electrons. The summed E-state index contributed by atoms with van der Waals surface area (Å²) < 4.78 is 38.8. The van der Waals surface area contributed by atoms with Crippen molar-refractivity contribution in [3.05, 3.63) is 70.7 Å². The van der Waals surface area contributed by atoms with Crippen molar-refractivity contribution in [2.45, 2.75) is 13.5 Å². The number of methoxy groups -OCH3 is 1. The maximum Gasteiger partial charge on any atom is 0.339 e. The molecule has 3 aromatic rings. The van der Waals surface area contributed by atoms with Gasteiger partial charge in [0.2, 0.25) is 5.88 Å². The number of nitrogens with zero attached hydrogens (tertiary/aromatic N) is 4. The highest BCUT2D eigenvalue weighted by molar-refractivity contribution is 5.88. The number of rotatable bonds is 7. The molecule has 0 radical (unpaired) electrons.